The summed E-state index contributed by atoms with van der Waals surface area (Å²) in [6.45, 7) is 2.05. The number of nitriles is 1. The third-order valence-electron chi connectivity index (χ3n) is 4.88. The number of carbonyl (C=O) groups excluding carboxylic acids is 1. The van der Waals surface area contributed by atoms with Crippen LogP contribution in [-0.4, -0.2) is 17.0 Å². The quantitative estimate of drug-likeness (QED) is 0.311. The lowest BCUT2D eigenvalue weighted by molar-refractivity contribution is -0.117. The Bertz CT molecular complexity index is 1220. The molecule has 0 bridgehead atoms. The fourth-order valence-corrected chi connectivity index (χ4v) is 3.45. The number of benzene rings is 3. The fourth-order valence-electron chi connectivity index (χ4n) is 3.07. The van der Waals surface area contributed by atoms with Crippen LogP contribution in [-0.2, 0) is 11.4 Å². The highest BCUT2D eigenvalue weighted by molar-refractivity contribution is 9.10. The molecule has 0 saturated heterocycles. The Balaban J connectivity index is 1.78. The summed E-state index contributed by atoms with van der Waals surface area (Å²) in [5.41, 5.74) is 2.42. The largest absolute Gasteiger partial charge is 0.488 e. The van der Waals surface area contributed by atoms with Gasteiger partial charge in [-0.05, 0) is 54.5 Å². The second-order valence-corrected chi connectivity index (χ2v) is 8.16. The first kappa shape index (κ1) is 23.8. The number of nitrogens with one attached hydrogen (secondary N) is 1. The zero-order valence-electron chi connectivity index (χ0n) is 17.8. The summed E-state index contributed by atoms with van der Waals surface area (Å²) >= 11 is 3.41. The van der Waals surface area contributed by atoms with Crippen molar-refractivity contribution in [3.63, 3.8) is 0 Å². The van der Waals surface area contributed by atoms with Gasteiger partial charge < -0.3 is 15.2 Å². The van der Waals surface area contributed by atoms with Crippen LogP contribution in [0.1, 0.15) is 40.0 Å². The Kier molecular flexibility index (Phi) is 8.01. The number of carboxylic acids is 1. The Labute approximate surface area is 200 Å². The number of hydrogen-bond donors (Lipinski definition) is 2. The highest BCUT2D eigenvalue weighted by Gasteiger charge is 2.15. The number of rotatable bonds is 8. The van der Waals surface area contributed by atoms with E-state index in [-0.39, 0.29) is 23.8 Å². The Hall–Kier alpha value is -3.89. The van der Waals surface area contributed by atoms with E-state index in [0.29, 0.717) is 11.3 Å². The van der Waals surface area contributed by atoms with E-state index in [1.54, 1.807) is 30.3 Å². The lowest BCUT2D eigenvalue weighted by atomic mass is 10.1. The predicted octanol–water partition coefficient (Wildman–Crippen LogP) is 5.51. The molecule has 0 saturated carbocycles. The molecule has 0 heterocycles. The van der Waals surface area contributed by atoms with Gasteiger partial charge in [0.25, 0.3) is 5.91 Å². The molecule has 0 aliphatic rings. The van der Waals surface area contributed by atoms with Gasteiger partial charge in [0.1, 0.15) is 24.0 Å². The zero-order valence-corrected chi connectivity index (χ0v) is 19.4. The molecule has 0 spiro atoms. The van der Waals surface area contributed by atoms with Crippen molar-refractivity contribution in [1.29, 1.82) is 5.26 Å². The number of aromatic carboxylic acids is 1. The Morgan fingerprint density at radius 2 is 1.82 bits per heavy atom. The van der Waals surface area contributed by atoms with Crippen LogP contribution in [0.3, 0.4) is 0 Å². The molecule has 2 N–H and O–H groups in total. The molecule has 0 unspecified atom stereocenters. The van der Waals surface area contributed by atoms with Crippen molar-refractivity contribution in [3.8, 4) is 11.8 Å². The van der Waals surface area contributed by atoms with Crippen molar-refractivity contribution in [1.82, 2.24) is 5.32 Å². The molecule has 3 rings (SSSR count). The van der Waals surface area contributed by atoms with Crippen LogP contribution in [0.15, 0.2) is 82.8 Å². The molecule has 7 heteroatoms. The number of ether oxygens (including phenoxy) is 1. The molecule has 3 aromatic carbocycles. The minimum absolute atomic E-state index is 0.0495. The summed E-state index contributed by atoms with van der Waals surface area (Å²) in [6, 6.07) is 22.9. The molecule has 0 aliphatic carbocycles. The van der Waals surface area contributed by atoms with Gasteiger partial charge in [-0.1, -0.05) is 58.4 Å². The maximum Gasteiger partial charge on any atom is 0.335 e. The number of amides is 1. The van der Waals surface area contributed by atoms with Crippen LogP contribution in [0.25, 0.3) is 6.08 Å². The number of nitrogens with zero attached hydrogens (tertiary/aromatic N) is 1. The van der Waals surface area contributed by atoms with E-state index in [1.165, 1.54) is 18.2 Å². The first-order valence-corrected chi connectivity index (χ1v) is 10.9. The molecule has 0 radical (unpaired) electrons. The van der Waals surface area contributed by atoms with Gasteiger partial charge in [0.15, 0.2) is 0 Å². The standard InChI is InChI=1S/C26H21BrN2O4/c1-17(19-5-3-2-4-6-19)29-25(30)22(15-28)13-21-14-23(27)11-12-24(21)33-16-18-7-9-20(10-8-18)26(31)32/h2-14,17H,16H2,1H3,(H,29,30)(H,31,32)/b22-13-/t17-/m0/s1. The maximum absolute atomic E-state index is 12.7. The average Bonchev–Trinajstić information content (AvgIpc) is 2.82. The second-order valence-electron chi connectivity index (χ2n) is 7.25. The first-order chi connectivity index (χ1) is 15.9. The van der Waals surface area contributed by atoms with Gasteiger partial charge in [-0.15, -0.1) is 0 Å². The lowest BCUT2D eigenvalue weighted by Gasteiger charge is -2.14. The molecule has 0 aromatic heterocycles. The number of carboxylic acid groups (broad SMARTS) is 1. The van der Waals surface area contributed by atoms with Crippen LogP contribution >= 0.6 is 15.9 Å². The fraction of sp³-hybridized carbons (Fsp3) is 0.115. The summed E-state index contributed by atoms with van der Waals surface area (Å²) < 4.78 is 6.67. The van der Waals surface area contributed by atoms with E-state index >= 15 is 0 Å². The summed E-state index contributed by atoms with van der Waals surface area (Å²) in [4.78, 5) is 23.7. The highest BCUT2D eigenvalue weighted by Crippen LogP contribution is 2.27. The van der Waals surface area contributed by atoms with Crippen molar-refractivity contribution in [3.05, 3.63) is 105 Å². The van der Waals surface area contributed by atoms with E-state index in [0.717, 1.165) is 15.6 Å². The number of hydrogen-bond acceptors (Lipinski definition) is 4. The second kappa shape index (κ2) is 11.1. The SMILES string of the molecule is C[C@H](NC(=O)/C(C#N)=C\c1cc(Br)ccc1OCc1ccc(C(=O)O)cc1)c1ccccc1. The molecule has 0 aliphatic heterocycles. The average molecular weight is 505 g/mol. The molecular formula is C26H21BrN2O4. The van der Waals surface area contributed by atoms with Gasteiger partial charge in [-0.2, -0.15) is 5.26 Å². The monoisotopic (exact) mass is 504 g/mol. The minimum atomic E-state index is -0.994. The molecular weight excluding hydrogens is 484 g/mol. The highest BCUT2D eigenvalue weighted by atomic mass is 79.9. The summed E-state index contributed by atoms with van der Waals surface area (Å²) in [7, 11) is 0. The Morgan fingerprint density at radius 3 is 2.45 bits per heavy atom. The van der Waals surface area contributed by atoms with Gasteiger partial charge in [0.05, 0.1) is 11.6 Å². The van der Waals surface area contributed by atoms with Crippen LogP contribution in [0, 0.1) is 11.3 Å². The van der Waals surface area contributed by atoms with Crippen molar-refractivity contribution in [2.45, 2.75) is 19.6 Å². The van der Waals surface area contributed by atoms with Gasteiger partial charge in [0.2, 0.25) is 0 Å². The smallest absolute Gasteiger partial charge is 0.335 e. The first-order valence-electron chi connectivity index (χ1n) is 10.1. The topological polar surface area (TPSA) is 99.4 Å². The van der Waals surface area contributed by atoms with Gasteiger partial charge in [-0.25, -0.2) is 4.79 Å². The Morgan fingerprint density at radius 1 is 1.12 bits per heavy atom. The molecule has 1 atom stereocenters. The zero-order chi connectivity index (χ0) is 23.8. The summed E-state index contributed by atoms with van der Waals surface area (Å²) in [6.07, 6.45) is 1.49. The van der Waals surface area contributed by atoms with E-state index in [4.69, 9.17) is 9.84 Å². The molecule has 166 valence electrons. The lowest BCUT2D eigenvalue weighted by Crippen LogP contribution is -2.27. The molecule has 3 aromatic rings. The van der Waals surface area contributed by atoms with Crippen molar-refractivity contribution in [2.24, 2.45) is 0 Å². The van der Waals surface area contributed by atoms with Gasteiger partial charge in [-0.3, -0.25) is 4.79 Å². The van der Waals surface area contributed by atoms with Gasteiger partial charge >= 0.3 is 5.97 Å². The van der Waals surface area contributed by atoms with Crippen LogP contribution in [0.4, 0.5) is 0 Å². The van der Waals surface area contributed by atoms with Crippen LogP contribution < -0.4 is 10.1 Å². The van der Waals surface area contributed by atoms with Crippen LogP contribution in [0.2, 0.25) is 0 Å². The minimum Gasteiger partial charge on any atom is -0.488 e. The van der Waals surface area contributed by atoms with E-state index in [9.17, 15) is 14.9 Å². The molecule has 6 nitrogen and oxygen atoms in total. The van der Waals surface area contributed by atoms with E-state index in [2.05, 4.69) is 21.2 Å². The van der Waals surface area contributed by atoms with Gasteiger partial charge in [0, 0.05) is 10.0 Å². The molecule has 1 amide bonds. The number of halogens is 1. The third kappa shape index (κ3) is 6.55. The van der Waals surface area contributed by atoms with Crippen molar-refractivity contribution >= 4 is 33.9 Å². The molecule has 0 fully saturated rings. The number of carbonyl (C=O) groups is 2. The van der Waals surface area contributed by atoms with Crippen molar-refractivity contribution < 1.29 is 19.4 Å². The third-order valence-corrected chi connectivity index (χ3v) is 5.37. The van der Waals surface area contributed by atoms with Crippen molar-refractivity contribution in [2.75, 3.05) is 0 Å². The normalized spacial score (nSPS) is 11.8. The maximum atomic E-state index is 12.7. The molecule has 33 heavy (non-hydrogen) atoms. The predicted molar refractivity (Wildman–Crippen MR) is 128 cm³/mol. The summed E-state index contributed by atoms with van der Waals surface area (Å²) in [5.74, 6) is -0.993. The van der Waals surface area contributed by atoms with E-state index in [1.807, 2.05) is 43.3 Å². The van der Waals surface area contributed by atoms with Crippen LogP contribution in [0.5, 0.6) is 5.75 Å². The van der Waals surface area contributed by atoms with E-state index < -0.39 is 11.9 Å². The summed E-state index contributed by atoms with van der Waals surface area (Å²) in [5, 5.41) is 21.5.